The summed E-state index contributed by atoms with van der Waals surface area (Å²) >= 11 is 3.66. The standard InChI is InChI=1S/C14H17IN2O2S/c1-14(2,3)10-6-5-9(20-10)12-16-8(7-19-4)11(15)13(18)17-12/h5-6H,7H2,1-4H3,(H,16,17,18). The summed E-state index contributed by atoms with van der Waals surface area (Å²) in [6.45, 7) is 6.85. The number of hydrogen-bond acceptors (Lipinski definition) is 4. The predicted molar refractivity (Wildman–Crippen MR) is 90.3 cm³/mol. The number of aromatic amines is 1. The molecule has 2 aromatic rings. The van der Waals surface area contributed by atoms with E-state index in [1.54, 1.807) is 18.4 Å². The molecular weight excluding hydrogens is 387 g/mol. The smallest absolute Gasteiger partial charge is 0.264 e. The summed E-state index contributed by atoms with van der Waals surface area (Å²) in [4.78, 5) is 21.5. The van der Waals surface area contributed by atoms with Crippen molar-refractivity contribution in [1.82, 2.24) is 9.97 Å². The van der Waals surface area contributed by atoms with E-state index in [0.717, 1.165) is 4.88 Å². The number of hydrogen-bond donors (Lipinski definition) is 1. The molecule has 2 heterocycles. The average Bonchev–Trinajstić information content (AvgIpc) is 2.84. The zero-order valence-corrected chi connectivity index (χ0v) is 14.9. The fraction of sp³-hybridized carbons (Fsp3) is 0.429. The van der Waals surface area contributed by atoms with Gasteiger partial charge in [0.1, 0.15) is 3.57 Å². The largest absolute Gasteiger partial charge is 0.378 e. The highest BCUT2D eigenvalue weighted by molar-refractivity contribution is 14.1. The minimum Gasteiger partial charge on any atom is -0.378 e. The van der Waals surface area contributed by atoms with Gasteiger partial charge in [-0.25, -0.2) is 4.98 Å². The number of halogens is 1. The third-order valence-corrected chi connectivity index (χ3v) is 5.42. The van der Waals surface area contributed by atoms with Gasteiger partial charge < -0.3 is 9.72 Å². The van der Waals surface area contributed by atoms with Crippen LogP contribution in [0.25, 0.3) is 10.7 Å². The van der Waals surface area contributed by atoms with Crippen molar-refractivity contribution in [2.24, 2.45) is 0 Å². The first kappa shape index (κ1) is 15.7. The Hall–Kier alpha value is -0.730. The second-order valence-electron chi connectivity index (χ2n) is 5.52. The molecule has 0 radical (unpaired) electrons. The van der Waals surface area contributed by atoms with Gasteiger partial charge in [-0.15, -0.1) is 11.3 Å². The first-order chi connectivity index (χ1) is 9.32. The van der Waals surface area contributed by atoms with Gasteiger partial charge in [0.25, 0.3) is 5.56 Å². The number of nitrogens with zero attached hydrogens (tertiary/aromatic N) is 1. The van der Waals surface area contributed by atoms with E-state index in [2.05, 4.69) is 36.8 Å². The molecule has 0 unspecified atom stereocenters. The number of thiophene rings is 1. The maximum atomic E-state index is 12.0. The van der Waals surface area contributed by atoms with Gasteiger partial charge in [0, 0.05) is 12.0 Å². The molecule has 6 heteroatoms. The van der Waals surface area contributed by atoms with E-state index in [1.165, 1.54) is 4.88 Å². The minimum absolute atomic E-state index is 0.0990. The Morgan fingerprint density at radius 1 is 1.40 bits per heavy atom. The minimum atomic E-state index is -0.117. The van der Waals surface area contributed by atoms with Gasteiger partial charge in [-0.3, -0.25) is 4.79 Å². The molecule has 4 nitrogen and oxygen atoms in total. The van der Waals surface area contributed by atoms with Crippen LogP contribution in [-0.2, 0) is 16.8 Å². The second-order valence-corrected chi connectivity index (χ2v) is 7.68. The van der Waals surface area contributed by atoms with Gasteiger partial charge in [0.2, 0.25) is 0 Å². The van der Waals surface area contributed by atoms with Crippen molar-refractivity contribution in [2.75, 3.05) is 7.11 Å². The van der Waals surface area contributed by atoms with Crippen LogP contribution in [0.4, 0.5) is 0 Å². The van der Waals surface area contributed by atoms with Crippen molar-refractivity contribution in [1.29, 1.82) is 0 Å². The summed E-state index contributed by atoms with van der Waals surface area (Å²) in [5.74, 6) is 0.614. The zero-order valence-electron chi connectivity index (χ0n) is 11.9. The third kappa shape index (κ3) is 3.29. The lowest BCUT2D eigenvalue weighted by atomic mass is 9.95. The van der Waals surface area contributed by atoms with Crippen molar-refractivity contribution in [2.45, 2.75) is 32.8 Å². The van der Waals surface area contributed by atoms with Gasteiger partial charge >= 0.3 is 0 Å². The Morgan fingerprint density at radius 3 is 2.65 bits per heavy atom. The van der Waals surface area contributed by atoms with Crippen LogP contribution in [0.3, 0.4) is 0 Å². The normalized spacial score (nSPS) is 11.8. The molecule has 108 valence electrons. The van der Waals surface area contributed by atoms with Crippen LogP contribution >= 0.6 is 33.9 Å². The SMILES string of the molecule is COCc1nc(-c2ccc(C(C)(C)C)s2)[nH]c(=O)c1I. The van der Waals surface area contributed by atoms with E-state index >= 15 is 0 Å². The first-order valence-corrected chi connectivity index (χ1v) is 8.10. The molecule has 2 rings (SSSR count). The molecule has 0 saturated carbocycles. The third-order valence-electron chi connectivity index (χ3n) is 2.79. The number of aromatic nitrogens is 2. The van der Waals surface area contributed by atoms with Crippen LogP contribution in [0.5, 0.6) is 0 Å². The number of rotatable bonds is 3. The molecule has 0 aliphatic heterocycles. The summed E-state index contributed by atoms with van der Waals surface area (Å²) in [7, 11) is 1.60. The molecule has 0 spiro atoms. The molecule has 1 N–H and O–H groups in total. The number of methoxy groups -OCH3 is 1. The van der Waals surface area contributed by atoms with Crippen LogP contribution in [0.15, 0.2) is 16.9 Å². The highest BCUT2D eigenvalue weighted by atomic mass is 127. The van der Waals surface area contributed by atoms with Gasteiger partial charge in [-0.2, -0.15) is 0 Å². The highest BCUT2D eigenvalue weighted by Gasteiger charge is 2.18. The summed E-state index contributed by atoms with van der Waals surface area (Å²) in [5, 5.41) is 0. The van der Waals surface area contributed by atoms with Crippen molar-refractivity contribution in [3.8, 4) is 10.7 Å². The maximum absolute atomic E-state index is 12.0. The van der Waals surface area contributed by atoms with Crippen LogP contribution in [-0.4, -0.2) is 17.1 Å². The van der Waals surface area contributed by atoms with E-state index in [0.29, 0.717) is 21.7 Å². The molecule has 0 fully saturated rings. The molecule has 0 aromatic carbocycles. The molecule has 0 aliphatic carbocycles. The Bertz CT molecular complexity index is 671. The molecule has 0 atom stereocenters. The van der Waals surface area contributed by atoms with Gasteiger partial charge in [0.15, 0.2) is 5.82 Å². The van der Waals surface area contributed by atoms with Crippen LogP contribution in [0.2, 0.25) is 0 Å². The van der Waals surface area contributed by atoms with E-state index in [-0.39, 0.29) is 11.0 Å². The highest BCUT2D eigenvalue weighted by Crippen LogP contribution is 2.33. The lowest BCUT2D eigenvalue weighted by molar-refractivity contribution is 0.180. The monoisotopic (exact) mass is 404 g/mol. The molecule has 0 aliphatic rings. The number of H-pyrrole nitrogens is 1. The van der Waals surface area contributed by atoms with Gasteiger partial charge in [-0.1, -0.05) is 20.8 Å². The van der Waals surface area contributed by atoms with Crippen molar-refractivity contribution in [3.05, 3.63) is 36.6 Å². The van der Waals surface area contributed by atoms with Crippen LogP contribution in [0, 0.1) is 3.57 Å². The molecule has 0 amide bonds. The fourth-order valence-corrected chi connectivity index (χ4v) is 3.14. The molecule has 0 saturated heterocycles. The van der Waals surface area contributed by atoms with Crippen molar-refractivity contribution in [3.63, 3.8) is 0 Å². The van der Waals surface area contributed by atoms with Crippen LogP contribution < -0.4 is 5.56 Å². The van der Waals surface area contributed by atoms with Gasteiger partial charge in [-0.05, 0) is 40.1 Å². The Morgan fingerprint density at radius 2 is 2.10 bits per heavy atom. The van der Waals surface area contributed by atoms with E-state index in [4.69, 9.17) is 4.74 Å². The van der Waals surface area contributed by atoms with E-state index < -0.39 is 0 Å². The summed E-state index contributed by atoms with van der Waals surface area (Å²) in [6, 6.07) is 4.10. The Kier molecular flexibility index (Phi) is 4.66. The van der Waals surface area contributed by atoms with Crippen molar-refractivity contribution >= 4 is 33.9 Å². The molecular formula is C14H17IN2O2S. The lowest BCUT2D eigenvalue weighted by Crippen LogP contribution is -2.16. The van der Waals surface area contributed by atoms with Crippen molar-refractivity contribution < 1.29 is 4.74 Å². The molecule has 2 aromatic heterocycles. The summed E-state index contributed by atoms with van der Waals surface area (Å²) < 4.78 is 5.68. The zero-order chi connectivity index (χ0) is 14.9. The number of ether oxygens (including phenoxy) is 1. The quantitative estimate of drug-likeness (QED) is 0.797. The Balaban J connectivity index is 2.48. The summed E-state index contributed by atoms with van der Waals surface area (Å²) in [5.41, 5.74) is 0.660. The van der Waals surface area contributed by atoms with Crippen LogP contribution in [0.1, 0.15) is 31.3 Å². The molecule has 20 heavy (non-hydrogen) atoms. The fourth-order valence-electron chi connectivity index (χ4n) is 1.72. The second kappa shape index (κ2) is 5.95. The van der Waals surface area contributed by atoms with Gasteiger partial charge in [0.05, 0.1) is 17.2 Å². The lowest BCUT2D eigenvalue weighted by Gasteiger charge is -2.15. The topological polar surface area (TPSA) is 55.0 Å². The van der Waals surface area contributed by atoms with E-state index in [1.807, 2.05) is 28.7 Å². The molecule has 0 bridgehead atoms. The first-order valence-electron chi connectivity index (χ1n) is 6.21. The Labute approximate surface area is 135 Å². The maximum Gasteiger partial charge on any atom is 0.264 e. The predicted octanol–water partition coefficient (Wildman–Crippen LogP) is 3.55. The number of nitrogens with one attached hydrogen (secondary N) is 1. The average molecular weight is 404 g/mol. The summed E-state index contributed by atoms with van der Waals surface area (Å²) in [6.07, 6.45) is 0. The van der Waals surface area contributed by atoms with E-state index in [9.17, 15) is 4.79 Å².